The van der Waals surface area contributed by atoms with Gasteiger partial charge in [-0.15, -0.1) is 0 Å². The summed E-state index contributed by atoms with van der Waals surface area (Å²) in [6, 6.07) is -0.846. The molecule has 0 heterocycles. The molecule has 0 aromatic carbocycles. The molecule has 1 atom stereocenters. The highest BCUT2D eigenvalue weighted by Crippen LogP contribution is 2.12. The largest absolute Gasteiger partial charge is 0.468 e. The van der Waals surface area contributed by atoms with E-state index in [1.165, 1.54) is 19.3 Å². The van der Waals surface area contributed by atoms with E-state index in [0.29, 0.717) is 31.1 Å². The molecular formula is C21H37N2O6. The summed E-state index contributed by atoms with van der Waals surface area (Å²) in [5.41, 5.74) is 0. The normalized spacial score (nSPS) is 11.3. The molecule has 0 aromatic heterocycles. The van der Waals surface area contributed by atoms with Crippen molar-refractivity contribution in [2.24, 2.45) is 0 Å². The van der Waals surface area contributed by atoms with Crippen molar-refractivity contribution < 1.29 is 28.8 Å². The zero-order valence-corrected chi connectivity index (χ0v) is 17.7. The molecule has 29 heavy (non-hydrogen) atoms. The molecule has 0 aromatic rings. The van der Waals surface area contributed by atoms with Crippen molar-refractivity contribution in [1.29, 1.82) is 0 Å². The lowest BCUT2D eigenvalue weighted by Crippen LogP contribution is -2.46. The fourth-order valence-electron chi connectivity index (χ4n) is 3.07. The Morgan fingerprint density at radius 2 is 1.55 bits per heavy atom. The van der Waals surface area contributed by atoms with Crippen LogP contribution in [0.15, 0.2) is 0 Å². The van der Waals surface area contributed by atoms with Crippen LogP contribution in [0.1, 0.15) is 90.4 Å². The van der Waals surface area contributed by atoms with Gasteiger partial charge >= 0.3 is 12.9 Å². The van der Waals surface area contributed by atoms with Crippen LogP contribution in [0.3, 0.4) is 0 Å². The smallest absolute Gasteiger partial charge is 0.348 e. The van der Waals surface area contributed by atoms with Crippen molar-refractivity contribution >= 4 is 25.3 Å². The van der Waals surface area contributed by atoms with E-state index in [0.717, 1.165) is 64.2 Å². The van der Waals surface area contributed by atoms with Gasteiger partial charge in [0, 0.05) is 6.54 Å². The van der Waals surface area contributed by atoms with Gasteiger partial charge in [0.2, 0.25) is 5.91 Å². The highest BCUT2D eigenvalue weighted by molar-refractivity contribution is 5.83. The Morgan fingerprint density at radius 1 is 0.931 bits per heavy atom. The van der Waals surface area contributed by atoms with Crippen LogP contribution in [-0.4, -0.2) is 49.5 Å². The Bertz CT molecular complexity index is 433. The van der Waals surface area contributed by atoms with E-state index in [4.69, 9.17) is 0 Å². The lowest BCUT2D eigenvalue weighted by atomic mass is 10.0. The molecule has 1 N–H and O–H groups in total. The zero-order chi connectivity index (χ0) is 21.6. The molecule has 0 aliphatic carbocycles. The molecule has 0 aliphatic heterocycles. The second-order valence-corrected chi connectivity index (χ2v) is 7.07. The van der Waals surface area contributed by atoms with Gasteiger partial charge in [-0.05, 0) is 19.3 Å². The first-order chi connectivity index (χ1) is 14.2. The first-order valence-corrected chi connectivity index (χ1v) is 10.8. The standard InChI is InChI=1S/C21H37N2O6/c1-2-3-4-5-8-11-14-20(23(17-24)29-19-26)21(27)22-15-12-9-6-7-10-13-16-28-18-25/h18-20H,2-16H2,1H3,(H,22,27). The number of carbonyl (C=O) groups excluding carboxylic acids is 4. The van der Waals surface area contributed by atoms with E-state index >= 15 is 0 Å². The van der Waals surface area contributed by atoms with Gasteiger partial charge in [-0.2, -0.15) is 5.06 Å². The fourth-order valence-corrected chi connectivity index (χ4v) is 3.07. The minimum atomic E-state index is -0.846. The van der Waals surface area contributed by atoms with Crippen LogP contribution in [0.4, 0.5) is 0 Å². The van der Waals surface area contributed by atoms with E-state index in [1.54, 1.807) is 0 Å². The lowest BCUT2D eigenvalue weighted by molar-refractivity contribution is -0.167. The molecule has 0 saturated heterocycles. The third kappa shape index (κ3) is 15.5. The Balaban J connectivity index is 4.10. The molecule has 0 bridgehead atoms. The Morgan fingerprint density at radius 3 is 2.17 bits per heavy atom. The second kappa shape index (κ2) is 20.6. The van der Waals surface area contributed by atoms with Crippen LogP contribution >= 0.6 is 0 Å². The van der Waals surface area contributed by atoms with E-state index in [-0.39, 0.29) is 12.4 Å². The van der Waals surface area contributed by atoms with E-state index in [9.17, 15) is 19.2 Å². The molecule has 8 heteroatoms. The molecule has 167 valence electrons. The lowest BCUT2D eigenvalue weighted by Gasteiger charge is -2.23. The van der Waals surface area contributed by atoms with Crippen LogP contribution in [0.2, 0.25) is 0 Å². The molecule has 1 unspecified atom stereocenters. The molecule has 0 saturated carbocycles. The molecule has 8 nitrogen and oxygen atoms in total. The number of ether oxygens (including phenoxy) is 1. The topological polar surface area (TPSA) is 102 Å². The third-order valence-corrected chi connectivity index (χ3v) is 4.72. The van der Waals surface area contributed by atoms with Gasteiger partial charge in [0.05, 0.1) is 6.61 Å². The number of carbonyl (C=O) groups is 3. The maximum atomic E-state index is 12.5. The van der Waals surface area contributed by atoms with Crippen LogP contribution in [0, 0.1) is 0 Å². The maximum Gasteiger partial charge on any atom is 0.348 e. The van der Waals surface area contributed by atoms with Crippen molar-refractivity contribution in [2.75, 3.05) is 13.2 Å². The van der Waals surface area contributed by atoms with Gasteiger partial charge in [-0.3, -0.25) is 19.2 Å². The highest BCUT2D eigenvalue weighted by atomic mass is 16.7. The molecule has 0 rings (SSSR count). The first-order valence-electron chi connectivity index (χ1n) is 10.8. The summed E-state index contributed by atoms with van der Waals surface area (Å²) < 4.78 is 4.63. The Labute approximate surface area is 174 Å². The fraction of sp³-hybridized carbons (Fsp3) is 0.810. The summed E-state index contributed by atoms with van der Waals surface area (Å²) in [6.07, 6.45) is 14.1. The minimum absolute atomic E-state index is 0.132. The SMILES string of the molecule is CCCCCCCCC(C(=O)NCCCCCCCCOC=O)N([C]=O)OC=O. The number of hydroxylamine groups is 2. The summed E-state index contributed by atoms with van der Waals surface area (Å²) in [5, 5.41) is 3.50. The number of nitrogens with zero attached hydrogens (tertiary/aromatic N) is 1. The predicted molar refractivity (Wildman–Crippen MR) is 109 cm³/mol. The quantitative estimate of drug-likeness (QED) is 0.127. The molecule has 0 fully saturated rings. The van der Waals surface area contributed by atoms with Crippen LogP contribution < -0.4 is 5.32 Å². The van der Waals surface area contributed by atoms with Gasteiger partial charge in [-0.25, -0.2) is 0 Å². The van der Waals surface area contributed by atoms with Crippen molar-refractivity contribution in [1.82, 2.24) is 10.4 Å². The summed E-state index contributed by atoms with van der Waals surface area (Å²) in [7, 11) is 0. The van der Waals surface area contributed by atoms with Gasteiger partial charge in [0.25, 0.3) is 6.47 Å². The van der Waals surface area contributed by atoms with Crippen molar-refractivity contribution in [2.45, 2.75) is 96.4 Å². The highest BCUT2D eigenvalue weighted by Gasteiger charge is 2.26. The second-order valence-electron chi connectivity index (χ2n) is 7.07. The first kappa shape index (κ1) is 26.9. The molecule has 0 spiro atoms. The van der Waals surface area contributed by atoms with Crippen molar-refractivity contribution in [3.63, 3.8) is 0 Å². The summed E-state index contributed by atoms with van der Waals surface area (Å²) in [5.74, 6) is -0.324. The van der Waals surface area contributed by atoms with Gasteiger partial charge < -0.3 is 14.9 Å². The van der Waals surface area contributed by atoms with Crippen LogP contribution in [-0.2, 0) is 28.8 Å². The van der Waals surface area contributed by atoms with Gasteiger partial charge in [0.15, 0.2) is 0 Å². The summed E-state index contributed by atoms with van der Waals surface area (Å²) in [6.45, 7) is 3.72. The number of unbranched alkanes of at least 4 members (excludes halogenated alkanes) is 10. The number of hydrogen-bond donors (Lipinski definition) is 1. The number of nitrogens with one attached hydrogen (secondary N) is 1. The van der Waals surface area contributed by atoms with E-state index in [2.05, 4.69) is 21.8 Å². The third-order valence-electron chi connectivity index (χ3n) is 4.72. The number of amides is 2. The van der Waals surface area contributed by atoms with Crippen molar-refractivity contribution in [3.8, 4) is 0 Å². The monoisotopic (exact) mass is 413 g/mol. The Kier molecular flexibility index (Phi) is 19.1. The predicted octanol–water partition coefficient (Wildman–Crippen LogP) is 3.19. The van der Waals surface area contributed by atoms with Crippen LogP contribution in [0.5, 0.6) is 0 Å². The van der Waals surface area contributed by atoms with Gasteiger partial charge in [0.1, 0.15) is 6.04 Å². The van der Waals surface area contributed by atoms with Crippen LogP contribution in [0.25, 0.3) is 0 Å². The minimum Gasteiger partial charge on any atom is -0.468 e. The molecular weight excluding hydrogens is 376 g/mol. The molecule has 1 radical (unpaired) electrons. The van der Waals surface area contributed by atoms with E-state index < -0.39 is 6.04 Å². The Hall–Kier alpha value is -2.12. The zero-order valence-electron chi connectivity index (χ0n) is 17.7. The maximum absolute atomic E-state index is 12.5. The average Bonchev–Trinajstić information content (AvgIpc) is 2.73. The van der Waals surface area contributed by atoms with E-state index in [1.807, 2.05) is 0 Å². The van der Waals surface area contributed by atoms with Crippen molar-refractivity contribution in [3.05, 3.63) is 0 Å². The number of rotatable bonds is 22. The number of hydrogen-bond acceptors (Lipinski definition) is 6. The van der Waals surface area contributed by atoms with Gasteiger partial charge in [-0.1, -0.05) is 71.1 Å². The summed E-state index contributed by atoms with van der Waals surface area (Å²) >= 11 is 0. The average molecular weight is 414 g/mol. The molecule has 0 aliphatic rings. The summed E-state index contributed by atoms with van der Waals surface area (Å²) in [4.78, 5) is 48.7. The molecule has 2 amide bonds.